The molecule has 0 aromatic heterocycles. The molecule has 0 saturated carbocycles. The van der Waals surface area contributed by atoms with E-state index in [1.54, 1.807) is 0 Å². The zero-order chi connectivity index (χ0) is 9.26. The van der Waals surface area contributed by atoms with E-state index in [9.17, 15) is 0 Å². The Labute approximate surface area is 78.3 Å². The maximum absolute atomic E-state index is 5.59. The van der Waals surface area contributed by atoms with Gasteiger partial charge in [0, 0.05) is 6.54 Å². The summed E-state index contributed by atoms with van der Waals surface area (Å²) in [5, 5.41) is 6.40. The second-order valence-corrected chi connectivity index (χ2v) is 3.54. The SMILES string of the molecule is Cc1cccc(CNC2NC2N)c1. The highest BCUT2D eigenvalue weighted by Crippen LogP contribution is 2.06. The molecule has 2 rings (SSSR count). The standard InChI is InChI=1S/C10H15N3/c1-7-3-2-4-8(5-7)6-12-10-9(11)13-10/h2-5,9-10,12-13H,6,11H2,1H3. The molecular weight excluding hydrogens is 162 g/mol. The van der Waals surface area contributed by atoms with Crippen LogP contribution in [0.2, 0.25) is 0 Å². The van der Waals surface area contributed by atoms with Crippen LogP contribution in [-0.4, -0.2) is 12.3 Å². The third-order valence-electron chi connectivity index (χ3n) is 2.23. The molecule has 0 amide bonds. The predicted octanol–water partition coefficient (Wildman–Crippen LogP) is 0.299. The molecular formula is C10H15N3. The first-order chi connectivity index (χ1) is 6.25. The number of aryl methyl sites for hydroxylation is 1. The molecule has 4 N–H and O–H groups in total. The highest BCUT2D eigenvalue weighted by molar-refractivity contribution is 5.22. The summed E-state index contributed by atoms with van der Waals surface area (Å²) in [6, 6.07) is 8.48. The topological polar surface area (TPSA) is 60.0 Å². The van der Waals surface area contributed by atoms with Gasteiger partial charge in [-0.05, 0) is 12.5 Å². The summed E-state index contributed by atoms with van der Waals surface area (Å²) in [5.41, 5.74) is 8.19. The Balaban J connectivity index is 1.87. The lowest BCUT2D eigenvalue weighted by Crippen LogP contribution is -2.22. The third kappa shape index (κ3) is 2.28. The summed E-state index contributed by atoms with van der Waals surface area (Å²) in [4.78, 5) is 0. The molecule has 1 heterocycles. The Kier molecular flexibility index (Phi) is 2.31. The molecule has 2 atom stereocenters. The van der Waals surface area contributed by atoms with E-state index < -0.39 is 0 Å². The van der Waals surface area contributed by atoms with E-state index in [0.29, 0.717) is 6.17 Å². The summed E-state index contributed by atoms with van der Waals surface area (Å²) in [6.07, 6.45) is 0.449. The van der Waals surface area contributed by atoms with E-state index in [1.165, 1.54) is 11.1 Å². The Bertz CT molecular complexity index is 298. The molecule has 70 valence electrons. The van der Waals surface area contributed by atoms with Crippen molar-refractivity contribution in [1.29, 1.82) is 0 Å². The van der Waals surface area contributed by atoms with Crippen molar-refractivity contribution < 1.29 is 0 Å². The van der Waals surface area contributed by atoms with Gasteiger partial charge in [0.25, 0.3) is 0 Å². The predicted molar refractivity (Wildman–Crippen MR) is 52.9 cm³/mol. The quantitative estimate of drug-likeness (QED) is 0.582. The molecule has 1 saturated heterocycles. The molecule has 1 aromatic rings. The summed E-state index contributed by atoms with van der Waals surface area (Å²) in [6.45, 7) is 2.98. The van der Waals surface area contributed by atoms with E-state index in [-0.39, 0.29) is 6.17 Å². The van der Waals surface area contributed by atoms with Gasteiger partial charge in [-0.25, -0.2) is 0 Å². The lowest BCUT2D eigenvalue weighted by Gasteiger charge is -2.02. The molecule has 0 aliphatic carbocycles. The van der Waals surface area contributed by atoms with E-state index in [2.05, 4.69) is 41.8 Å². The Morgan fingerprint density at radius 2 is 2.31 bits per heavy atom. The second kappa shape index (κ2) is 3.46. The van der Waals surface area contributed by atoms with Crippen LogP contribution in [0.5, 0.6) is 0 Å². The number of benzene rings is 1. The first-order valence-corrected chi connectivity index (χ1v) is 4.56. The minimum Gasteiger partial charge on any atom is -0.313 e. The van der Waals surface area contributed by atoms with Crippen molar-refractivity contribution in [1.82, 2.24) is 10.6 Å². The molecule has 2 unspecified atom stereocenters. The highest BCUT2D eigenvalue weighted by atomic mass is 15.4. The number of hydrogen-bond acceptors (Lipinski definition) is 3. The summed E-state index contributed by atoms with van der Waals surface area (Å²) < 4.78 is 0. The fraction of sp³-hybridized carbons (Fsp3) is 0.400. The van der Waals surface area contributed by atoms with Crippen molar-refractivity contribution in [2.75, 3.05) is 0 Å². The molecule has 13 heavy (non-hydrogen) atoms. The van der Waals surface area contributed by atoms with Crippen LogP contribution < -0.4 is 16.4 Å². The first kappa shape index (κ1) is 8.69. The smallest absolute Gasteiger partial charge is 0.0880 e. The average Bonchev–Trinajstić information content (AvgIpc) is 2.79. The van der Waals surface area contributed by atoms with Crippen LogP contribution in [0.1, 0.15) is 11.1 Å². The van der Waals surface area contributed by atoms with Crippen molar-refractivity contribution in [2.24, 2.45) is 5.73 Å². The second-order valence-electron chi connectivity index (χ2n) is 3.54. The van der Waals surface area contributed by atoms with Gasteiger partial charge in [0.15, 0.2) is 0 Å². The number of nitrogens with one attached hydrogen (secondary N) is 2. The fourth-order valence-corrected chi connectivity index (χ4v) is 1.39. The van der Waals surface area contributed by atoms with Crippen molar-refractivity contribution >= 4 is 0 Å². The maximum Gasteiger partial charge on any atom is 0.0880 e. The van der Waals surface area contributed by atoms with Gasteiger partial charge in [-0.15, -0.1) is 0 Å². The maximum atomic E-state index is 5.59. The molecule has 0 radical (unpaired) electrons. The van der Waals surface area contributed by atoms with Crippen molar-refractivity contribution in [2.45, 2.75) is 25.8 Å². The van der Waals surface area contributed by atoms with Gasteiger partial charge in [-0.3, -0.25) is 10.6 Å². The molecule has 1 aliphatic heterocycles. The fourth-order valence-electron chi connectivity index (χ4n) is 1.39. The van der Waals surface area contributed by atoms with Gasteiger partial charge in [0.1, 0.15) is 0 Å². The van der Waals surface area contributed by atoms with Crippen LogP contribution in [0.3, 0.4) is 0 Å². The van der Waals surface area contributed by atoms with Gasteiger partial charge >= 0.3 is 0 Å². The molecule has 0 bridgehead atoms. The first-order valence-electron chi connectivity index (χ1n) is 4.56. The highest BCUT2D eigenvalue weighted by Gasteiger charge is 2.31. The third-order valence-corrected chi connectivity index (χ3v) is 2.23. The van der Waals surface area contributed by atoms with E-state index >= 15 is 0 Å². The Hall–Kier alpha value is -0.900. The molecule has 3 nitrogen and oxygen atoms in total. The largest absolute Gasteiger partial charge is 0.313 e. The van der Waals surface area contributed by atoms with Crippen molar-refractivity contribution in [3.63, 3.8) is 0 Å². The van der Waals surface area contributed by atoms with Crippen molar-refractivity contribution in [3.05, 3.63) is 35.4 Å². The van der Waals surface area contributed by atoms with Crippen LogP contribution in [-0.2, 0) is 6.54 Å². The Morgan fingerprint density at radius 3 is 2.92 bits per heavy atom. The monoisotopic (exact) mass is 177 g/mol. The van der Waals surface area contributed by atoms with Crippen LogP contribution in [0.15, 0.2) is 24.3 Å². The van der Waals surface area contributed by atoms with Crippen LogP contribution in [0.4, 0.5) is 0 Å². The van der Waals surface area contributed by atoms with Gasteiger partial charge < -0.3 is 5.73 Å². The molecule has 1 fully saturated rings. The molecule has 1 aromatic carbocycles. The van der Waals surface area contributed by atoms with Gasteiger partial charge in [-0.1, -0.05) is 29.8 Å². The zero-order valence-electron chi connectivity index (χ0n) is 7.75. The number of rotatable bonds is 3. The minimum absolute atomic E-state index is 0.143. The Morgan fingerprint density at radius 1 is 1.54 bits per heavy atom. The summed E-state index contributed by atoms with van der Waals surface area (Å²) in [5.74, 6) is 0. The number of nitrogens with two attached hydrogens (primary N) is 1. The normalized spacial score (nSPS) is 26.0. The van der Waals surface area contributed by atoms with Crippen LogP contribution in [0.25, 0.3) is 0 Å². The van der Waals surface area contributed by atoms with Crippen LogP contribution >= 0.6 is 0 Å². The summed E-state index contributed by atoms with van der Waals surface area (Å²) in [7, 11) is 0. The van der Waals surface area contributed by atoms with Gasteiger partial charge in [-0.2, -0.15) is 0 Å². The van der Waals surface area contributed by atoms with Gasteiger partial charge in [0.05, 0.1) is 12.3 Å². The van der Waals surface area contributed by atoms with E-state index in [0.717, 1.165) is 6.54 Å². The van der Waals surface area contributed by atoms with E-state index in [1.807, 2.05) is 0 Å². The van der Waals surface area contributed by atoms with Crippen molar-refractivity contribution in [3.8, 4) is 0 Å². The molecule has 3 heteroatoms. The zero-order valence-corrected chi connectivity index (χ0v) is 7.75. The van der Waals surface area contributed by atoms with Gasteiger partial charge in [0.2, 0.25) is 0 Å². The molecule has 0 spiro atoms. The van der Waals surface area contributed by atoms with E-state index in [4.69, 9.17) is 5.73 Å². The summed E-state index contributed by atoms with van der Waals surface area (Å²) >= 11 is 0. The number of hydrogen-bond donors (Lipinski definition) is 3. The average molecular weight is 177 g/mol. The lowest BCUT2D eigenvalue weighted by molar-refractivity contribution is 0.662. The lowest BCUT2D eigenvalue weighted by atomic mass is 10.1. The minimum atomic E-state index is 0.143. The molecule has 1 aliphatic rings. The van der Waals surface area contributed by atoms with Crippen LogP contribution in [0, 0.1) is 6.92 Å².